The lowest BCUT2D eigenvalue weighted by Crippen LogP contribution is -1.90. The maximum absolute atomic E-state index is 14.1. The Morgan fingerprint density at radius 3 is 2.55 bits per heavy atom. The number of aldehydes is 1. The fourth-order valence-electron chi connectivity index (χ4n) is 2.77. The number of hydrogen-bond donors (Lipinski definition) is 1. The quantitative estimate of drug-likeness (QED) is 0.674. The predicted octanol–water partition coefficient (Wildman–Crippen LogP) is 5.05. The van der Waals surface area contributed by atoms with Gasteiger partial charge in [-0.25, -0.2) is 8.78 Å². The summed E-state index contributed by atoms with van der Waals surface area (Å²) in [6.45, 7) is 4.10. The maximum atomic E-state index is 14.1. The number of carbonyl (C=O) groups excluding carboxylic acids is 1. The summed E-state index contributed by atoms with van der Waals surface area (Å²) in [7, 11) is 0. The summed E-state index contributed by atoms with van der Waals surface area (Å²) in [4.78, 5) is 14.7. The fourth-order valence-corrected chi connectivity index (χ4v) is 2.77. The van der Waals surface area contributed by atoms with Gasteiger partial charge >= 0.3 is 0 Å². The van der Waals surface area contributed by atoms with Gasteiger partial charge in [0.1, 0.15) is 11.6 Å². The van der Waals surface area contributed by atoms with Crippen LogP contribution in [0.25, 0.3) is 22.2 Å². The highest BCUT2D eigenvalue weighted by atomic mass is 19.1. The van der Waals surface area contributed by atoms with E-state index in [4.69, 9.17) is 0 Å². The zero-order chi connectivity index (χ0) is 15.9. The number of fused-ring (bicyclic) bond motifs is 1. The highest BCUT2D eigenvalue weighted by molar-refractivity contribution is 6.05. The Labute approximate surface area is 126 Å². The number of nitrogens with one attached hydrogen (secondary N) is 1. The van der Waals surface area contributed by atoms with E-state index in [9.17, 15) is 13.6 Å². The minimum Gasteiger partial charge on any atom is -0.354 e. The van der Waals surface area contributed by atoms with Crippen molar-refractivity contribution < 1.29 is 13.6 Å². The highest BCUT2D eigenvalue weighted by Crippen LogP contribution is 2.34. The van der Waals surface area contributed by atoms with E-state index in [2.05, 4.69) is 4.98 Å². The van der Waals surface area contributed by atoms with Gasteiger partial charge in [-0.2, -0.15) is 0 Å². The van der Waals surface area contributed by atoms with Crippen LogP contribution in [0.1, 0.15) is 35.7 Å². The highest BCUT2D eigenvalue weighted by Gasteiger charge is 2.18. The summed E-state index contributed by atoms with van der Waals surface area (Å²) >= 11 is 0. The van der Waals surface area contributed by atoms with Crippen molar-refractivity contribution >= 4 is 17.2 Å². The molecule has 2 nitrogen and oxygen atoms in total. The molecule has 0 aliphatic rings. The van der Waals surface area contributed by atoms with Crippen molar-refractivity contribution in [3.8, 4) is 11.3 Å². The van der Waals surface area contributed by atoms with Gasteiger partial charge in [0.25, 0.3) is 0 Å². The number of aromatic nitrogens is 1. The van der Waals surface area contributed by atoms with E-state index in [0.717, 1.165) is 22.5 Å². The second-order valence-electron chi connectivity index (χ2n) is 5.58. The first-order valence-electron chi connectivity index (χ1n) is 7.08. The van der Waals surface area contributed by atoms with E-state index in [1.807, 2.05) is 32.0 Å². The number of aromatic amines is 1. The molecule has 0 bridgehead atoms. The minimum absolute atomic E-state index is 0.189. The monoisotopic (exact) mass is 299 g/mol. The molecule has 0 amide bonds. The normalized spacial score (nSPS) is 11.3. The Hall–Kier alpha value is -2.49. The van der Waals surface area contributed by atoms with Gasteiger partial charge in [0.15, 0.2) is 6.29 Å². The van der Waals surface area contributed by atoms with Crippen molar-refractivity contribution in [2.45, 2.75) is 19.8 Å². The smallest absolute Gasteiger partial charge is 0.152 e. The number of benzene rings is 2. The van der Waals surface area contributed by atoms with E-state index >= 15 is 0 Å². The summed E-state index contributed by atoms with van der Waals surface area (Å²) in [5.41, 5.74) is 2.83. The second-order valence-corrected chi connectivity index (χ2v) is 5.58. The maximum Gasteiger partial charge on any atom is 0.152 e. The first-order chi connectivity index (χ1) is 10.5. The Bertz CT molecular complexity index is 865. The van der Waals surface area contributed by atoms with Crippen LogP contribution in [0.3, 0.4) is 0 Å². The van der Waals surface area contributed by atoms with Crippen LogP contribution in [0.4, 0.5) is 8.78 Å². The average Bonchev–Trinajstić information content (AvgIpc) is 2.84. The third-order valence-electron chi connectivity index (χ3n) is 3.85. The molecule has 0 radical (unpaired) electrons. The van der Waals surface area contributed by atoms with E-state index in [1.165, 1.54) is 12.1 Å². The van der Waals surface area contributed by atoms with Gasteiger partial charge in [-0.05, 0) is 23.6 Å². The minimum atomic E-state index is -0.694. The molecule has 112 valence electrons. The molecule has 3 rings (SSSR count). The van der Waals surface area contributed by atoms with Gasteiger partial charge in [-0.15, -0.1) is 0 Å². The molecule has 0 saturated heterocycles. The largest absolute Gasteiger partial charge is 0.354 e. The van der Waals surface area contributed by atoms with Gasteiger partial charge in [-0.1, -0.05) is 32.0 Å². The lowest BCUT2D eigenvalue weighted by Gasteiger charge is -2.06. The molecule has 1 aromatic heterocycles. The summed E-state index contributed by atoms with van der Waals surface area (Å²) in [5.74, 6) is -1.08. The van der Waals surface area contributed by atoms with Crippen molar-refractivity contribution in [1.82, 2.24) is 4.98 Å². The molecule has 0 spiro atoms. The molecule has 2 aromatic carbocycles. The van der Waals surface area contributed by atoms with Gasteiger partial charge in [0.2, 0.25) is 0 Å². The van der Waals surface area contributed by atoms with E-state index in [1.54, 1.807) is 0 Å². The Morgan fingerprint density at radius 2 is 1.91 bits per heavy atom. The summed E-state index contributed by atoms with van der Waals surface area (Å²) in [6, 6.07) is 9.02. The van der Waals surface area contributed by atoms with Crippen molar-refractivity contribution in [3.63, 3.8) is 0 Å². The van der Waals surface area contributed by atoms with Crippen LogP contribution >= 0.6 is 0 Å². The third kappa shape index (κ3) is 2.21. The van der Waals surface area contributed by atoms with Crippen molar-refractivity contribution in [2.75, 3.05) is 0 Å². The van der Waals surface area contributed by atoms with E-state index < -0.39 is 11.6 Å². The Morgan fingerprint density at radius 1 is 1.14 bits per heavy atom. The van der Waals surface area contributed by atoms with E-state index in [0.29, 0.717) is 17.5 Å². The SMILES string of the molecule is CC(C)c1cccc2c(C=O)c(-c3ccc(F)cc3F)[nH]c12. The molecule has 0 fully saturated rings. The molecule has 1 N–H and O–H groups in total. The van der Waals surface area contributed by atoms with Crippen LogP contribution in [0.2, 0.25) is 0 Å². The molecule has 1 heterocycles. The molecular formula is C18H15F2NO. The molecular weight excluding hydrogens is 284 g/mol. The van der Waals surface area contributed by atoms with Crippen LogP contribution in [0, 0.1) is 11.6 Å². The van der Waals surface area contributed by atoms with Crippen LogP contribution in [-0.4, -0.2) is 11.3 Å². The van der Waals surface area contributed by atoms with E-state index in [-0.39, 0.29) is 11.5 Å². The zero-order valence-electron chi connectivity index (χ0n) is 12.3. The van der Waals surface area contributed by atoms with Crippen molar-refractivity contribution in [1.29, 1.82) is 0 Å². The molecule has 4 heteroatoms. The first-order valence-corrected chi connectivity index (χ1v) is 7.08. The number of H-pyrrole nitrogens is 1. The third-order valence-corrected chi connectivity index (χ3v) is 3.85. The molecule has 0 aliphatic heterocycles. The van der Waals surface area contributed by atoms with Crippen LogP contribution in [0.5, 0.6) is 0 Å². The molecule has 0 atom stereocenters. The molecule has 0 unspecified atom stereocenters. The van der Waals surface area contributed by atoms with Gasteiger partial charge < -0.3 is 4.98 Å². The van der Waals surface area contributed by atoms with Gasteiger partial charge in [0, 0.05) is 22.6 Å². The number of halogens is 2. The number of carbonyl (C=O) groups is 1. The molecule has 22 heavy (non-hydrogen) atoms. The molecule has 3 aromatic rings. The fraction of sp³-hybridized carbons (Fsp3) is 0.167. The Balaban J connectivity index is 2.35. The molecule has 0 aliphatic carbocycles. The zero-order valence-corrected chi connectivity index (χ0v) is 12.3. The van der Waals surface area contributed by atoms with Crippen molar-refractivity contribution in [2.24, 2.45) is 0 Å². The van der Waals surface area contributed by atoms with Crippen LogP contribution < -0.4 is 0 Å². The Kier molecular flexibility index (Phi) is 3.53. The lowest BCUT2D eigenvalue weighted by atomic mass is 9.99. The van der Waals surface area contributed by atoms with Gasteiger partial charge in [0.05, 0.1) is 11.2 Å². The standard InChI is InChI=1S/C18H15F2NO/c1-10(2)12-4-3-5-13-15(9-22)18(21-17(12)13)14-7-6-11(19)8-16(14)20/h3-10,21H,1-2H3. The van der Waals surface area contributed by atoms with Crippen LogP contribution in [0.15, 0.2) is 36.4 Å². The predicted molar refractivity (Wildman–Crippen MR) is 83.1 cm³/mol. The summed E-state index contributed by atoms with van der Waals surface area (Å²) in [6.07, 6.45) is 0.709. The molecule has 0 saturated carbocycles. The summed E-state index contributed by atoms with van der Waals surface area (Å²) < 4.78 is 27.2. The number of rotatable bonds is 3. The van der Waals surface area contributed by atoms with Gasteiger partial charge in [-0.3, -0.25) is 4.79 Å². The van der Waals surface area contributed by atoms with Crippen molar-refractivity contribution in [3.05, 3.63) is 59.2 Å². The topological polar surface area (TPSA) is 32.9 Å². The number of hydrogen-bond acceptors (Lipinski definition) is 1. The summed E-state index contributed by atoms with van der Waals surface area (Å²) in [5, 5.41) is 0.750. The first kappa shape index (κ1) is 14.4. The second kappa shape index (κ2) is 5.37. The number of para-hydroxylation sites is 1. The lowest BCUT2D eigenvalue weighted by molar-refractivity contribution is 0.112. The average molecular weight is 299 g/mol. The van der Waals surface area contributed by atoms with Crippen LogP contribution in [-0.2, 0) is 0 Å².